The van der Waals surface area contributed by atoms with Crippen molar-refractivity contribution in [2.24, 2.45) is 0 Å². The second-order valence-electron chi connectivity index (χ2n) is 7.41. The van der Waals surface area contributed by atoms with Crippen LogP contribution in [0, 0.1) is 0 Å². The Hall–Kier alpha value is 1.17. The molecule has 0 bridgehead atoms. The summed E-state index contributed by atoms with van der Waals surface area (Å²) in [5, 5.41) is 35.9. The monoisotopic (exact) mass is 743 g/mol. The third-order valence-electron chi connectivity index (χ3n) is 4.61. The number of hydrogen-bond donors (Lipinski definition) is 4. The third-order valence-corrected chi connectivity index (χ3v) is 4.61. The van der Waals surface area contributed by atoms with Crippen LogP contribution in [0.4, 0.5) is 0 Å². The van der Waals surface area contributed by atoms with Crippen LogP contribution in [0.5, 0.6) is 0 Å². The number of nitrogens with zero attached hydrogens (tertiary/aromatic N) is 2. The molecule has 2 rings (SSSR count). The molecular formula is C14H30Cl6N2O7Pt. The van der Waals surface area contributed by atoms with Crippen LogP contribution in [0.2, 0.25) is 0 Å². The first-order valence-corrected chi connectivity index (χ1v) is 7.34. The van der Waals surface area contributed by atoms with Crippen LogP contribution in [0.25, 0.3) is 0 Å². The van der Waals surface area contributed by atoms with Crippen molar-refractivity contribution in [3.05, 3.63) is 0 Å². The minimum absolute atomic E-state index is 0. The van der Waals surface area contributed by atoms with E-state index in [9.17, 15) is 19.8 Å². The van der Waals surface area contributed by atoms with Gasteiger partial charge in [0.1, 0.15) is 25.3 Å². The molecule has 2 aliphatic rings. The molecule has 0 amide bonds. The largest absolute Gasteiger partial charge is 4.00 e. The minimum atomic E-state index is -0.813. The summed E-state index contributed by atoms with van der Waals surface area (Å²) in [4.78, 5) is 21.3. The standard InChI is InChI=1S/2C7H13NO3.6ClH.H2O.Pt/c2*1-8(2)4-5(9)3-6(8)7(10)11;;;;;;;;/h2*5-6,9H,3-4H2,1-2H3;6*1H;1H2;/q;;;;;;;;;+4/p-4/t2*5-,6-;;;;;;;;/m11......../s1. The summed E-state index contributed by atoms with van der Waals surface area (Å²) in [5.41, 5.74) is 0. The van der Waals surface area contributed by atoms with Gasteiger partial charge in [0.15, 0.2) is 12.1 Å². The van der Waals surface area contributed by atoms with Gasteiger partial charge in [0, 0.05) is 12.8 Å². The fourth-order valence-corrected chi connectivity index (χ4v) is 3.38. The zero-order valence-corrected chi connectivity index (χ0v) is 23.5. The number of carbonyl (C=O) groups is 2. The van der Waals surface area contributed by atoms with E-state index in [1.165, 1.54) is 0 Å². The Morgan fingerprint density at radius 2 is 0.867 bits per heavy atom. The summed E-state index contributed by atoms with van der Waals surface area (Å²) < 4.78 is 0.771. The number of likely N-dealkylation sites (tertiary alicyclic amines) is 2. The summed E-state index contributed by atoms with van der Waals surface area (Å²) in [5.74, 6) is -1.63. The van der Waals surface area contributed by atoms with Gasteiger partial charge >= 0.3 is 33.0 Å². The van der Waals surface area contributed by atoms with Gasteiger partial charge in [-0.3, -0.25) is 0 Å². The zero-order valence-electron chi connectivity index (χ0n) is 16.7. The molecule has 0 aromatic heterocycles. The van der Waals surface area contributed by atoms with Gasteiger partial charge in [0.25, 0.3) is 0 Å². The maximum Gasteiger partial charge on any atom is 4.00 e. The summed E-state index contributed by atoms with van der Waals surface area (Å²) in [7, 11) is 7.31. The molecule has 6 N–H and O–H groups in total. The second-order valence-corrected chi connectivity index (χ2v) is 7.41. The Labute approximate surface area is 229 Å². The predicted octanol–water partition coefficient (Wildman–Crippen LogP) is -20.2. The van der Waals surface area contributed by atoms with Crippen molar-refractivity contribution in [3.8, 4) is 0 Å². The first-order chi connectivity index (χ1) is 9.86. The molecule has 4 atom stereocenters. The fourth-order valence-electron chi connectivity index (χ4n) is 3.38. The van der Waals surface area contributed by atoms with E-state index in [1.54, 1.807) is 0 Å². The van der Waals surface area contributed by atoms with Gasteiger partial charge in [0.05, 0.1) is 28.2 Å². The molecular weight excluding hydrogens is 716 g/mol. The average molecular weight is 746 g/mol. The molecule has 2 aliphatic heterocycles. The van der Waals surface area contributed by atoms with Crippen molar-refractivity contribution >= 4 is 11.9 Å². The summed E-state index contributed by atoms with van der Waals surface area (Å²) in [6, 6.07) is -0.880. The fraction of sp³-hybridized carbons (Fsp3) is 0.857. The number of quaternary nitrogens is 2. The van der Waals surface area contributed by atoms with E-state index >= 15 is 0 Å². The second kappa shape index (κ2) is 20.8. The van der Waals surface area contributed by atoms with Crippen LogP contribution in [-0.4, -0.2) is 112 Å². The average Bonchev–Trinajstić information content (AvgIpc) is 2.74. The molecule has 0 unspecified atom stereocenters. The molecule has 0 spiro atoms. The first-order valence-electron chi connectivity index (χ1n) is 7.34. The first kappa shape index (κ1) is 52.8. The van der Waals surface area contributed by atoms with Crippen molar-refractivity contribution in [3.63, 3.8) is 0 Å². The molecule has 30 heavy (non-hydrogen) atoms. The number of aliphatic hydroxyl groups excluding tert-OH is 2. The Bertz CT molecular complexity index is 426. The van der Waals surface area contributed by atoms with E-state index in [4.69, 9.17) is 10.2 Å². The molecule has 190 valence electrons. The number of aliphatic carboxylic acids is 2. The van der Waals surface area contributed by atoms with E-state index in [0.29, 0.717) is 34.9 Å². The normalized spacial score (nSPS) is 26.1. The van der Waals surface area contributed by atoms with E-state index < -0.39 is 36.2 Å². The number of rotatable bonds is 2. The van der Waals surface area contributed by atoms with Gasteiger partial charge in [-0.15, -0.1) is 0 Å². The number of hydrogen-bond acceptors (Lipinski definition) is 4. The molecule has 2 fully saturated rings. The summed E-state index contributed by atoms with van der Waals surface area (Å²) in [6.45, 7) is 1.08. The van der Waals surface area contributed by atoms with E-state index in [2.05, 4.69) is 0 Å². The van der Waals surface area contributed by atoms with Crippen molar-refractivity contribution in [2.75, 3.05) is 41.3 Å². The summed E-state index contributed by atoms with van der Waals surface area (Å²) >= 11 is 0. The Balaban J connectivity index is -0.0000000425. The maximum atomic E-state index is 10.6. The number of aliphatic hydroxyl groups is 2. The van der Waals surface area contributed by atoms with Crippen LogP contribution in [0.15, 0.2) is 0 Å². The summed E-state index contributed by atoms with van der Waals surface area (Å²) in [6.07, 6.45) is -0.151. The van der Waals surface area contributed by atoms with E-state index in [-0.39, 0.29) is 101 Å². The van der Waals surface area contributed by atoms with Crippen molar-refractivity contribution < 1.29 is 140 Å². The molecule has 0 aromatic rings. The van der Waals surface area contributed by atoms with Crippen LogP contribution in [0.1, 0.15) is 12.8 Å². The van der Waals surface area contributed by atoms with E-state index in [0.717, 1.165) is 0 Å². The van der Waals surface area contributed by atoms with Crippen molar-refractivity contribution in [1.29, 1.82) is 0 Å². The smallest absolute Gasteiger partial charge is 1.00 e. The van der Waals surface area contributed by atoms with Crippen LogP contribution < -0.4 is 74.4 Å². The Kier molecular flexibility index (Phi) is 36.6. The molecule has 0 aromatic carbocycles. The van der Waals surface area contributed by atoms with Gasteiger partial charge in [-0.2, -0.15) is 0 Å². The van der Waals surface area contributed by atoms with Gasteiger partial charge in [-0.1, -0.05) is 0 Å². The number of carboxylic acids is 2. The predicted molar refractivity (Wildman–Crippen MR) is 81.7 cm³/mol. The number of likely N-dealkylation sites (N-methyl/N-ethyl adjacent to an activating group) is 2. The van der Waals surface area contributed by atoms with Crippen LogP contribution in [0.3, 0.4) is 0 Å². The molecule has 2 saturated heterocycles. The zero-order chi connectivity index (χ0) is 17.3. The Morgan fingerprint density at radius 3 is 0.933 bits per heavy atom. The molecule has 16 heteroatoms. The van der Waals surface area contributed by atoms with Crippen molar-refractivity contribution in [1.82, 2.24) is 0 Å². The molecule has 0 radical (unpaired) electrons. The number of carboxylic acid groups (broad SMARTS) is 2. The SMILES string of the molecule is C[N+]1(C)C[C@H](O)C[C@@H]1C(=O)O.C[N+]1(C)C[C@H](O)C[C@@H]1C(=O)O.O.[Cl-].[Cl-].[Cl-].[Cl-].[Cl-].[Cl-].[Pt+4]. The van der Waals surface area contributed by atoms with Gasteiger partial charge in [-0.05, 0) is 0 Å². The molecule has 0 saturated carbocycles. The van der Waals surface area contributed by atoms with Gasteiger partial charge in [-0.25, -0.2) is 9.59 Å². The van der Waals surface area contributed by atoms with Crippen LogP contribution in [-0.2, 0) is 30.7 Å². The van der Waals surface area contributed by atoms with Crippen LogP contribution >= 0.6 is 0 Å². The molecule has 0 aliphatic carbocycles. The van der Waals surface area contributed by atoms with Gasteiger partial charge < -0.3 is 109 Å². The number of halogens is 6. The van der Waals surface area contributed by atoms with Gasteiger partial charge in [0.2, 0.25) is 0 Å². The maximum absolute atomic E-state index is 10.6. The Morgan fingerprint density at radius 1 is 0.667 bits per heavy atom. The third kappa shape index (κ3) is 15.1. The molecule has 9 nitrogen and oxygen atoms in total. The minimum Gasteiger partial charge on any atom is -1.00 e. The topological polar surface area (TPSA) is 147 Å². The van der Waals surface area contributed by atoms with Crippen molar-refractivity contribution in [2.45, 2.75) is 37.1 Å². The quantitative estimate of drug-likeness (QED) is 0.207. The molecule has 2 heterocycles. The van der Waals surface area contributed by atoms with E-state index in [1.807, 2.05) is 28.2 Å².